The summed E-state index contributed by atoms with van der Waals surface area (Å²) in [4.78, 5) is 0. The molecule has 1 heterocycles. The van der Waals surface area contributed by atoms with E-state index in [9.17, 15) is 5.11 Å². The van der Waals surface area contributed by atoms with Crippen molar-refractivity contribution in [3.8, 4) is 0 Å². The first-order valence-electron chi connectivity index (χ1n) is 6.12. The van der Waals surface area contributed by atoms with Crippen molar-refractivity contribution in [3.63, 3.8) is 0 Å². The van der Waals surface area contributed by atoms with Gasteiger partial charge in [-0.3, -0.25) is 4.68 Å². The van der Waals surface area contributed by atoms with Crippen LogP contribution >= 0.6 is 15.9 Å². The van der Waals surface area contributed by atoms with Crippen molar-refractivity contribution in [2.24, 2.45) is 7.05 Å². The van der Waals surface area contributed by atoms with E-state index in [1.807, 2.05) is 18.7 Å². The van der Waals surface area contributed by atoms with Gasteiger partial charge < -0.3 is 10.4 Å². The highest BCUT2D eigenvalue weighted by Crippen LogP contribution is 2.30. The number of aliphatic hydroxyl groups is 1. The molecular formula is C12H20BrN3O. The zero-order chi connectivity index (χ0) is 12.5. The molecule has 0 unspecified atom stereocenters. The van der Waals surface area contributed by atoms with E-state index in [0.29, 0.717) is 0 Å². The molecule has 0 radical (unpaired) electrons. The molecular weight excluding hydrogens is 282 g/mol. The van der Waals surface area contributed by atoms with Gasteiger partial charge in [-0.25, -0.2) is 0 Å². The van der Waals surface area contributed by atoms with Crippen molar-refractivity contribution in [1.29, 1.82) is 0 Å². The molecule has 17 heavy (non-hydrogen) atoms. The normalized spacial score (nSPS) is 18.8. The summed E-state index contributed by atoms with van der Waals surface area (Å²) in [6.07, 6.45) is 4.55. The van der Waals surface area contributed by atoms with E-state index in [-0.39, 0.29) is 12.1 Å². The van der Waals surface area contributed by atoms with E-state index in [1.54, 1.807) is 0 Å². The fourth-order valence-corrected chi connectivity index (χ4v) is 3.06. The number of aromatic nitrogens is 2. The summed E-state index contributed by atoms with van der Waals surface area (Å²) in [5.74, 6) is 0. The van der Waals surface area contributed by atoms with Crippen LogP contribution in [0.4, 0.5) is 0 Å². The first-order valence-corrected chi connectivity index (χ1v) is 6.91. The van der Waals surface area contributed by atoms with Crippen LogP contribution < -0.4 is 5.32 Å². The van der Waals surface area contributed by atoms with Crippen molar-refractivity contribution < 1.29 is 5.11 Å². The van der Waals surface area contributed by atoms with Gasteiger partial charge in [0.25, 0.3) is 0 Å². The number of rotatable bonds is 4. The number of aliphatic hydroxyl groups excluding tert-OH is 1. The highest BCUT2D eigenvalue weighted by molar-refractivity contribution is 9.10. The third-order valence-electron chi connectivity index (χ3n) is 3.76. The number of nitrogens with one attached hydrogen (secondary N) is 1. The summed E-state index contributed by atoms with van der Waals surface area (Å²) in [5.41, 5.74) is 2.08. The highest BCUT2D eigenvalue weighted by atomic mass is 79.9. The molecule has 0 aliphatic heterocycles. The van der Waals surface area contributed by atoms with E-state index >= 15 is 0 Å². The maximum Gasteiger partial charge on any atom is 0.0739 e. The van der Waals surface area contributed by atoms with Crippen LogP contribution in [-0.2, 0) is 13.6 Å². The minimum Gasteiger partial charge on any atom is -0.394 e. The standard InChI is InChI=1S/C12H20BrN3O/c1-9-11(13)10(16(2)15-9)7-14-12(8-17)5-3-4-6-12/h14,17H,3-8H2,1-2H3. The molecule has 1 aliphatic carbocycles. The Morgan fingerprint density at radius 1 is 1.47 bits per heavy atom. The molecule has 1 aromatic rings. The lowest BCUT2D eigenvalue weighted by Crippen LogP contribution is -2.45. The molecule has 0 amide bonds. The van der Waals surface area contributed by atoms with Gasteiger partial charge >= 0.3 is 0 Å². The Morgan fingerprint density at radius 3 is 2.59 bits per heavy atom. The predicted molar refractivity (Wildman–Crippen MR) is 70.8 cm³/mol. The van der Waals surface area contributed by atoms with Gasteiger partial charge in [0, 0.05) is 19.1 Å². The fourth-order valence-electron chi connectivity index (χ4n) is 2.59. The second kappa shape index (κ2) is 5.08. The van der Waals surface area contributed by atoms with E-state index in [2.05, 4.69) is 26.3 Å². The zero-order valence-electron chi connectivity index (χ0n) is 10.5. The van der Waals surface area contributed by atoms with E-state index in [0.717, 1.165) is 35.2 Å². The van der Waals surface area contributed by atoms with Gasteiger partial charge in [-0.1, -0.05) is 12.8 Å². The molecule has 0 bridgehead atoms. The van der Waals surface area contributed by atoms with E-state index in [4.69, 9.17) is 0 Å². The van der Waals surface area contributed by atoms with Gasteiger partial charge in [-0.05, 0) is 35.7 Å². The molecule has 0 spiro atoms. The largest absolute Gasteiger partial charge is 0.394 e. The summed E-state index contributed by atoms with van der Waals surface area (Å²) >= 11 is 3.56. The van der Waals surface area contributed by atoms with Crippen LogP contribution in [0.1, 0.15) is 37.1 Å². The Morgan fingerprint density at radius 2 is 2.12 bits per heavy atom. The summed E-state index contributed by atoms with van der Waals surface area (Å²) in [7, 11) is 1.95. The molecule has 96 valence electrons. The maximum atomic E-state index is 9.54. The van der Waals surface area contributed by atoms with Gasteiger partial charge in [0.2, 0.25) is 0 Å². The second-order valence-electron chi connectivity index (χ2n) is 4.97. The number of nitrogens with zero attached hydrogens (tertiary/aromatic N) is 2. The first-order chi connectivity index (χ1) is 8.08. The topological polar surface area (TPSA) is 50.1 Å². The summed E-state index contributed by atoms with van der Waals surface area (Å²) in [5, 5.41) is 17.4. The predicted octanol–water partition coefficient (Wildman–Crippen LogP) is 1.89. The van der Waals surface area contributed by atoms with Crippen molar-refractivity contribution >= 4 is 15.9 Å². The molecule has 0 aromatic carbocycles. The summed E-state index contributed by atoms with van der Waals surface area (Å²) < 4.78 is 2.96. The molecule has 1 fully saturated rings. The van der Waals surface area contributed by atoms with Crippen LogP contribution in [0.15, 0.2) is 4.47 Å². The van der Waals surface area contributed by atoms with Gasteiger partial charge in [0.05, 0.1) is 22.5 Å². The molecule has 1 aromatic heterocycles. The van der Waals surface area contributed by atoms with Gasteiger partial charge in [-0.15, -0.1) is 0 Å². The Labute approximate surface area is 111 Å². The van der Waals surface area contributed by atoms with Crippen LogP contribution in [0.5, 0.6) is 0 Å². The number of aryl methyl sites for hydroxylation is 2. The first kappa shape index (κ1) is 13.1. The number of hydrogen-bond acceptors (Lipinski definition) is 3. The monoisotopic (exact) mass is 301 g/mol. The SMILES string of the molecule is Cc1nn(C)c(CNC2(CO)CCCC2)c1Br. The quantitative estimate of drug-likeness (QED) is 0.893. The molecule has 5 heteroatoms. The van der Waals surface area contributed by atoms with Crippen molar-refractivity contribution in [1.82, 2.24) is 15.1 Å². The average Bonchev–Trinajstić information content (AvgIpc) is 2.86. The molecule has 1 saturated carbocycles. The van der Waals surface area contributed by atoms with Crippen LogP contribution in [0.3, 0.4) is 0 Å². The molecule has 4 nitrogen and oxygen atoms in total. The Balaban J connectivity index is 2.06. The van der Waals surface area contributed by atoms with Crippen LogP contribution in [-0.4, -0.2) is 27.0 Å². The highest BCUT2D eigenvalue weighted by Gasteiger charge is 2.32. The lowest BCUT2D eigenvalue weighted by Gasteiger charge is -2.28. The second-order valence-corrected chi connectivity index (χ2v) is 5.76. The Hall–Kier alpha value is -0.390. The van der Waals surface area contributed by atoms with Gasteiger partial charge in [0.15, 0.2) is 0 Å². The third kappa shape index (κ3) is 2.56. The van der Waals surface area contributed by atoms with Crippen molar-refractivity contribution in [2.75, 3.05) is 6.61 Å². The molecule has 2 rings (SSSR count). The summed E-state index contributed by atoms with van der Waals surface area (Å²) in [6, 6.07) is 0. The minimum absolute atomic E-state index is 0.0718. The van der Waals surface area contributed by atoms with Crippen LogP contribution in [0, 0.1) is 6.92 Å². The maximum absolute atomic E-state index is 9.54. The average molecular weight is 302 g/mol. The van der Waals surface area contributed by atoms with Crippen molar-refractivity contribution in [2.45, 2.75) is 44.7 Å². The Kier molecular flexibility index (Phi) is 3.90. The molecule has 0 atom stereocenters. The molecule has 1 aliphatic rings. The van der Waals surface area contributed by atoms with E-state index in [1.165, 1.54) is 12.8 Å². The minimum atomic E-state index is -0.0718. The summed E-state index contributed by atoms with van der Waals surface area (Å²) in [6.45, 7) is 2.96. The molecule has 0 saturated heterocycles. The van der Waals surface area contributed by atoms with Crippen molar-refractivity contribution in [3.05, 3.63) is 15.9 Å². The lowest BCUT2D eigenvalue weighted by molar-refractivity contribution is 0.162. The van der Waals surface area contributed by atoms with Crippen LogP contribution in [0.2, 0.25) is 0 Å². The number of halogens is 1. The Bertz CT molecular complexity index is 397. The van der Waals surface area contributed by atoms with Crippen LogP contribution in [0.25, 0.3) is 0 Å². The molecule has 2 N–H and O–H groups in total. The lowest BCUT2D eigenvalue weighted by atomic mass is 9.99. The zero-order valence-corrected chi connectivity index (χ0v) is 12.0. The number of hydrogen-bond donors (Lipinski definition) is 2. The van der Waals surface area contributed by atoms with E-state index < -0.39 is 0 Å². The third-order valence-corrected chi connectivity index (χ3v) is 4.79. The fraction of sp³-hybridized carbons (Fsp3) is 0.750. The van der Waals surface area contributed by atoms with Gasteiger partial charge in [0.1, 0.15) is 0 Å². The van der Waals surface area contributed by atoms with Gasteiger partial charge in [-0.2, -0.15) is 5.10 Å². The smallest absolute Gasteiger partial charge is 0.0739 e.